The van der Waals surface area contributed by atoms with Crippen molar-refractivity contribution in [2.45, 2.75) is 52.0 Å². The van der Waals surface area contributed by atoms with Crippen molar-refractivity contribution in [3.05, 3.63) is 0 Å². The molecule has 1 fully saturated rings. The molecule has 0 aromatic heterocycles. The number of ether oxygens (including phenoxy) is 1. The predicted molar refractivity (Wildman–Crippen MR) is 64.2 cm³/mol. The summed E-state index contributed by atoms with van der Waals surface area (Å²) in [6.07, 6.45) is 6.09. The quantitative estimate of drug-likeness (QED) is 0.632. The maximum Gasteiger partial charge on any atom is 0.0704 e. The number of rotatable bonds is 6. The van der Waals surface area contributed by atoms with Gasteiger partial charge in [-0.2, -0.15) is 5.10 Å². The number of nitrogens with zero attached hydrogens (tertiary/aromatic N) is 2. The third-order valence-electron chi connectivity index (χ3n) is 2.90. The third kappa shape index (κ3) is 4.20. The first-order valence-corrected chi connectivity index (χ1v) is 6.07. The van der Waals surface area contributed by atoms with Gasteiger partial charge in [-0.05, 0) is 32.6 Å². The van der Waals surface area contributed by atoms with Gasteiger partial charge in [0.05, 0.1) is 12.6 Å². The Bertz CT molecular complexity index is 204. The largest absolute Gasteiger partial charge is 0.382 e. The molecule has 0 spiro atoms. The average Bonchev–Trinajstić information content (AvgIpc) is 2.63. The molecule has 88 valence electrons. The van der Waals surface area contributed by atoms with Gasteiger partial charge in [-0.3, -0.25) is 5.01 Å². The smallest absolute Gasteiger partial charge is 0.0704 e. The van der Waals surface area contributed by atoms with Crippen molar-refractivity contribution >= 4 is 5.71 Å². The number of hydrazone groups is 1. The molecule has 1 heterocycles. The van der Waals surface area contributed by atoms with Crippen LogP contribution in [0.1, 0.15) is 46.0 Å². The highest BCUT2D eigenvalue weighted by Crippen LogP contribution is 2.18. The van der Waals surface area contributed by atoms with Crippen LogP contribution in [0.4, 0.5) is 0 Å². The molecule has 0 saturated carbocycles. The van der Waals surface area contributed by atoms with Crippen LogP contribution in [-0.2, 0) is 4.74 Å². The van der Waals surface area contributed by atoms with Crippen LogP contribution in [0.5, 0.6) is 0 Å². The van der Waals surface area contributed by atoms with Crippen molar-refractivity contribution in [3.8, 4) is 0 Å². The van der Waals surface area contributed by atoms with Gasteiger partial charge in [0.15, 0.2) is 0 Å². The van der Waals surface area contributed by atoms with Crippen LogP contribution < -0.4 is 0 Å². The fourth-order valence-corrected chi connectivity index (χ4v) is 2.02. The summed E-state index contributed by atoms with van der Waals surface area (Å²) in [7, 11) is 1.77. The lowest BCUT2D eigenvalue weighted by Crippen LogP contribution is -2.29. The van der Waals surface area contributed by atoms with Crippen molar-refractivity contribution in [2.75, 3.05) is 20.3 Å². The van der Waals surface area contributed by atoms with Crippen molar-refractivity contribution in [2.24, 2.45) is 5.10 Å². The predicted octanol–water partition coefficient (Wildman–Crippen LogP) is 2.66. The Hall–Kier alpha value is -0.570. The van der Waals surface area contributed by atoms with Crippen molar-refractivity contribution in [1.82, 2.24) is 5.01 Å². The standard InChI is InChI=1S/C12H24N2O/c1-4-5-7-11(2)13-14-9-6-8-12(14)10-15-3/h12H,4-10H2,1-3H3/b13-11+/t12-/m0/s1. The van der Waals surface area contributed by atoms with Crippen LogP contribution in [0, 0.1) is 0 Å². The summed E-state index contributed by atoms with van der Waals surface area (Å²) in [5, 5.41) is 6.90. The molecule has 1 rings (SSSR count). The number of hydrogen-bond acceptors (Lipinski definition) is 3. The second-order valence-electron chi connectivity index (χ2n) is 4.35. The molecule has 1 saturated heterocycles. The SMILES string of the molecule is CCCC/C(C)=N/N1CCC[C@H]1COC. The van der Waals surface area contributed by atoms with Gasteiger partial charge in [0, 0.05) is 19.4 Å². The monoisotopic (exact) mass is 212 g/mol. The molecule has 0 amide bonds. The van der Waals surface area contributed by atoms with E-state index in [1.54, 1.807) is 7.11 Å². The van der Waals surface area contributed by atoms with E-state index in [1.807, 2.05) is 0 Å². The zero-order valence-corrected chi connectivity index (χ0v) is 10.3. The molecule has 0 aliphatic carbocycles. The highest BCUT2D eigenvalue weighted by atomic mass is 16.5. The Morgan fingerprint density at radius 1 is 1.53 bits per heavy atom. The van der Waals surface area contributed by atoms with Crippen molar-refractivity contribution < 1.29 is 4.74 Å². The summed E-state index contributed by atoms with van der Waals surface area (Å²) < 4.78 is 5.21. The average molecular weight is 212 g/mol. The molecule has 0 N–H and O–H groups in total. The summed E-state index contributed by atoms with van der Waals surface area (Å²) in [6.45, 7) is 6.26. The van der Waals surface area contributed by atoms with E-state index in [-0.39, 0.29) is 0 Å². The molecule has 0 unspecified atom stereocenters. The van der Waals surface area contributed by atoms with Gasteiger partial charge in [-0.25, -0.2) is 0 Å². The molecule has 0 radical (unpaired) electrons. The minimum Gasteiger partial charge on any atom is -0.382 e. The van der Waals surface area contributed by atoms with Gasteiger partial charge < -0.3 is 4.74 Å². The van der Waals surface area contributed by atoms with Crippen LogP contribution in [-0.4, -0.2) is 37.0 Å². The summed E-state index contributed by atoms with van der Waals surface area (Å²) in [5.74, 6) is 0. The molecule has 1 aliphatic heterocycles. The topological polar surface area (TPSA) is 24.8 Å². The summed E-state index contributed by atoms with van der Waals surface area (Å²) in [5.41, 5.74) is 1.26. The minimum absolute atomic E-state index is 0.506. The van der Waals surface area contributed by atoms with E-state index in [2.05, 4.69) is 24.0 Å². The Morgan fingerprint density at radius 3 is 3.00 bits per heavy atom. The second-order valence-corrected chi connectivity index (χ2v) is 4.35. The highest BCUT2D eigenvalue weighted by Gasteiger charge is 2.22. The number of unbranched alkanes of at least 4 members (excludes halogenated alkanes) is 1. The molecule has 0 aromatic carbocycles. The van der Waals surface area contributed by atoms with Crippen LogP contribution in [0.3, 0.4) is 0 Å². The Labute approximate surface area is 93.5 Å². The third-order valence-corrected chi connectivity index (χ3v) is 2.90. The highest BCUT2D eigenvalue weighted by molar-refractivity contribution is 5.81. The Kier molecular flexibility index (Phi) is 5.69. The lowest BCUT2D eigenvalue weighted by Gasteiger charge is -2.21. The fourth-order valence-electron chi connectivity index (χ4n) is 2.02. The number of methoxy groups -OCH3 is 1. The zero-order valence-electron chi connectivity index (χ0n) is 10.3. The fraction of sp³-hybridized carbons (Fsp3) is 0.917. The first-order valence-electron chi connectivity index (χ1n) is 6.07. The van der Waals surface area contributed by atoms with Crippen LogP contribution in [0.25, 0.3) is 0 Å². The maximum absolute atomic E-state index is 5.21. The van der Waals surface area contributed by atoms with Crippen LogP contribution >= 0.6 is 0 Å². The van der Waals surface area contributed by atoms with Gasteiger partial charge in [-0.15, -0.1) is 0 Å². The van der Waals surface area contributed by atoms with Gasteiger partial charge in [0.1, 0.15) is 0 Å². The van der Waals surface area contributed by atoms with E-state index in [4.69, 9.17) is 4.74 Å². The molecule has 1 atom stereocenters. The second kappa shape index (κ2) is 6.83. The summed E-state index contributed by atoms with van der Waals surface area (Å²) in [6, 6.07) is 0.506. The van der Waals surface area contributed by atoms with E-state index in [0.717, 1.165) is 19.6 Å². The zero-order chi connectivity index (χ0) is 11.1. The lowest BCUT2D eigenvalue weighted by molar-refractivity contribution is 0.117. The maximum atomic E-state index is 5.21. The Morgan fingerprint density at radius 2 is 2.33 bits per heavy atom. The minimum atomic E-state index is 0.506. The number of hydrogen-bond donors (Lipinski definition) is 0. The van der Waals surface area contributed by atoms with E-state index >= 15 is 0 Å². The molecule has 15 heavy (non-hydrogen) atoms. The van der Waals surface area contributed by atoms with Crippen LogP contribution in [0.15, 0.2) is 5.10 Å². The summed E-state index contributed by atoms with van der Waals surface area (Å²) in [4.78, 5) is 0. The molecule has 3 nitrogen and oxygen atoms in total. The molecular weight excluding hydrogens is 188 g/mol. The first-order chi connectivity index (χ1) is 7.27. The van der Waals surface area contributed by atoms with Gasteiger partial charge in [0.25, 0.3) is 0 Å². The van der Waals surface area contributed by atoms with Crippen molar-refractivity contribution in [3.63, 3.8) is 0 Å². The van der Waals surface area contributed by atoms with E-state index in [9.17, 15) is 0 Å². The van der Waals surface area contributed by atoms with Gasteiger partial charge >= 0.3 is 0 Å². The Balaban J connectivity index is 2.40. The molecule has 3 heteroatoms. The van der Waals surface area contributed by atoms with Gasteiger partial charge in [-0.1, -0.05) is 13.3 Å². The van der Waals surface area contributed by atoms with Crippen molar-refractivity contribution in [1.29, 1.82) is 0 Å². The van der Waals surface area contributed by atoms with E-state index < -0.39 is 0 Å². The lowest BCUT2D eigenvalue weighted by atomic mass is 10.2. The normalized spacial score (nSPS) is 22.5. The molecule has 0 bridgehead atoms. The van der Waals surface area contributed by atoms with E-state index in [1.165, 1.54) is 31.4 Å². The summed E-state index contributed by atoms with van der Waals surface area (Å²) >= 11 is 0. The van der Waals surface area contributed by atoms with Crippen LogP contribution in [0.2, 0.25) is 0 Å². The molecular formula is C12H24N2O. The van der Waals surface area contributed by atoms with Gasteiger partial charge in [0.2, 0.25) is 0 Å². The first kappa shape index (κ1) is 12.5. The van der Waals surface area contributed by atoms with E-state index in [0.29, 0.717) is 6.04 Å². The molecule has 0 aromatic rings. The molecule has 1 aliphatic rings.